The predicted octanol–water partition coefficient (Wildman–Crippen LogP) is 2.37. The van der Waals surface area contributed by atoms with Gasteiger partial charge in [-0.25, -0.2) is 9.67 Å². The number of aliphatic hydroxyl groups is 1. The molecule has 3 aromatic rings. The van der Waals surface area contributed by atoms with Gasteiger partial charge >= 0.3 is 0 Å². The zero-order chi connectivity index (χ0) is 14.7. The molecule has 0 saturated carbocycles. The molecule has 1 unspecified atom stereocenters. The molecule has 0 amide bonds. The van der Waals surface area contributed by atoms with Crippen molar-refractivity contribution in [2.24, 2.45) is 0 Å². The Morgan fingerprint density at radius 2 is 2.10 bits per heavy atom. The number of aromatic nitrogens is 4. The first kappa shape index (κ1) is 13.9. The van der Waals surface area contributed by atoms with Crippen LogP contribution in [0.15, 0.2) is 41.9 Å². The second kappa shape index (κ2) is 6.15. The van der Waals surface area contributed by atoms with Gasteiger partial charge in [0.25, 0.3) is 0 Å². The Hall–Kier alpha value is -2.05. The molecule has 1 atom stereocenters. The van der Waals surface area contributed by atoms with E-state index in [2.05, 4.69) is 15.3 Å². The predicted molar refractivity (Wildman–Crippen MR) is 81.1 cm³/mol. The van der Waals surface area contributed by atoms with Gasteiger partial charge in [0.05, 0.1) is 23.4 Å². The average Bonchev–Trinajstić information content (AvgIpc) is 3.10. The minimum atomic E-state index is -0.640. The van der Waals surface area contributed by atoms with Crippen LogP contribution in [0, 0.1) is 6.92 Å². The molecular formula is C15H16N4OS. The normalized spacial score (nSPS) is 12.5. The van der Waals surface area contributed by atoms with Gasteiger partial charge in [0.1, 0.15) is 11.8 Å². The zero-order valence-corrected chi connectivity index (χ0v) is 12.5. The topological polar surface area (TPSA) is 63.8 Å². The average molecular weight is 300 g/mol. The van der Waals surface area contributed by atoms with Crippen LogP contribution in [-0.2, 0) is 13.0 Å². The van der Waals surface area contributed by atoms with E-state index >= 15 is 0 Å². The summed E-state index contributed by atoms with van der Waals surface area (Å²) in [5.41, 5.74) is 2.63. The highest BCUT2D eigenvalue weighted by molar-refractivity contribution is 7.09. The van der Waals surface area contributed by atoms with Crippen molar-refractivity contribution in [1.82, 2.24) is 20.0 Å². The second-order valence-corrected chi connectivity index (χ2v) is 5.97. The van der Waals surface area contributed by atoms with Crippen LogP contribution in [0.25, 0.3) is 0 Å². The molecule has 2 aromatic heterocycles. The van der Waals surface area contributed by atoms with Gasteiger partial charge in [-0.1, -0.05) is 35.5 Å². The molecule has 0 aliphatic heterocycles. The molecule has 1 aromatic carbocycles. The maximum absolute atomic E-state index is 10.2. The smallest absolute Gasteiger partial charge is 0.112 e. The highest BCUT2D eigenvalue weighted by Gasteiger charge is 2.13. The quantitative estimate of drug-likeness (QED) is 0.785. The van der Waals surface area contributed by atoms with Crippen molar-refractivity contribution < 1.29 is 5.11 Å². The molecule has 108 valence electrons. The zero-order valence-electron chi connectivity index (χ0n) is 11.7. The minimum absolute atomic E-state index is 0.537. The van der Waals surface area contributed by atoms with Crippen LogP contribution < -0.4 is 0 Å². The number of aryl methyl sites for hydroxylation is 1. The van der Waals surface area contributed by atoms with Crippen molar-refractivity contribution in [3.05, 3.63) is 63.9 Å². The van der Waals surface area contributed by atoms with E-state index in [1.54, 1.807) is 22.2 Å². The monoisotopic (exact) mass is 300 g/mol. The summed E-state index contributed by atoms with van der Waals surface area (Å²) >= 11 is 1.62. The van der Waals surface area contributed by atoms with Crippen molar-refractivity contribution in [3.63, 3.8) is 0 Å². The van der Waals surface area contributed by atoms with Gasteiger partial charge in [-0.2, -0.15) is 0 Å². The molecule has 0 saturated heterocycles. The third-order valence-electron chi connectivity index (χ3n) is 3.16. The van der Waals surface area contributed by atoms with Crippen LogP contribution in [0.1, 0.15) is 28.1 Å². The number of rotatable bonds is 5. The van der Waals surface area contributed by atoms with E-state index < -0.39 is 6.10 Å². The van der Waals surface area contributed by atoms with Crippen LogP contribution in [0.4, 0.5) is 0 Å². The molecule has 0 aliphatic rings. The second-order valence-electron chi connectivity index (χ2n) is 4.90. The van der Waals surface area contributed by atoms with Gasteiger partial charge in [-0.15, -0.1) is 16.4 Å². The maximum atomic E-state index is 10.2. The first-order chi connectivity index (χ1) is 10.2. The largest absolute Gasteiger partial charge is 0.386 e. The van der Waals surface area contributed by atoms with Gasteiger partial charge in [0.15, 0.2) is 0 Å². The van der Waals surface area contributed by atoms with Gasteiger partial charge < -0.3 is 5.11 Å². The maximum Gasteiger partial charge on any atom is 0.112 e. The van der Waals surface area contributed by atoms with Crippen molar-refractivity contribution in [3.8, 4) is 0 Å². The molecule has 0 aliphatic carbocycles. The van der Waals surface area contributed by atoms with Gasteiger partial charge in [-0.3, -0.25) is 0 Å². The van der Waals surface area contributed by atoms with Gasteiger partial charge in [0.2, 0.25) is 0 Å². The molecule has 2 heterocycles. The summed E-state index contributed by atoms with van der Waals surface area (Å²) < 4.78 is 1.71. The van der Waals surface area contributed by atoms with Crippen molar-refractivity contribution in [2.75, 3.05) is 0 Å². The molecule has 0 spiro atoms. The summed E-state index contributed by atoms with van der Waals surface area (Å²) in [6, 6.07) is 9.87. The van der Waals surface area contributed by atoms with Gasteiger partial charge in [0, 0.05) is 11.8 Å². The Kier molecular flexibility index (Phi) is 4.08. The lowest BCUT2D eigenvalue weighted by Gasteiger charge is -2.06. The summed E-state index contributed by atoms with van der Waals surface area (Å²) in [6.07, 6.45) is 1.68. The molecule has 1 N–H and O–H groups in total. The van der Waals surface area contributed by atoms with E-state index in [0.717, 1.165) is 16.3 Å². The summed E-state index contributed by atoms with van der Waals surface area (Å²) in [5.74, 6) is 0. The first-order valence-electron chi connectivity index (χ1n) is 6.74. The number of hydrogen-bond acceptors (Lipinski definition) is 5. The van der Waals surface area contributed by atoms with E-state index in [-0.39, 0.29) is 0 Å². The standard InChI is InChI=1S/C15H16N4OS/c1-11-16-13(10-21-11)8-19-9-14(17-18-19)15(20)7-12-5-3-2-4-6-12/h2-6,9-10,15,20H,7-8H2,1H3. The Balaban J connectivity index is 1.66. The van der Waals surface area contributed by atoms with Crippen LogP contribution >= 0.6 is 11.3 Å². The lowest BCUT2D eigenvalue weighted by atomic mass is 10.1. The minimum Gasteiger partial charge on any atom is -0.386 e. The number of hydrogen-bond donors (Lipinski definition) is 1. The van der Waals surface area contributed by atoms with Crippen LogP contribution in [0.3, 0.4) is 0 Å². The fourth-order valence-electron chi connectivity index (χ4n) is 2.13. The summed E-state index contributed by atoms with van der Waals surface area (Å²) in [7, 11) is 0. The molecular weight excluding hydrogens is 284 g/mol. The molecule has 5 nitrogen and oxygen atoms in total. The summed E-state index contributed by atoms with van der Waals surface area (Å²) in [6.45, 7) is 2.56. The number of aliphatic hydroxyl groups excluding tert-OH is 1. The Morgan fingerprint density at radius 1 is 1.29 bits per heavy atom. The van der Waals surface area contributed by atoms with E-state index in [1.807, 2.05) is 42.6 Å². The third kappa shape index (κ3) is 3.53. The number of nitrogens with zero attached hydrogens (tertiary/aromatic N) is 4. The van der Waals surface area contributed by atoms with E-state index in [9.17, 15) is 5.11 Å². The Labute approximate surface area is 126 Å². The van der Waals surface area contributed by atoms with E-state index in [0.29, 0.717) is 18.7 Å². The Morgan fingerprint density at radius 3 is 2.81 bits per heavy atom. The van der Waals surface area contributed by atoms with Crippen molar-refractivity contribution in [2.45, 2.75) is 26.0 Å². The summed E-state index contributed by atoms with van der Waals surface area (Å²) in [4.78, 5) is 4.40. The first-order valence-corrected chi connectivity index (χ1v) is 7.61. The third-order valence-corrected chi connectivity index (χ3v) is 3.98. The van der Waals surface area contributed by atoms with Crippen molar-refractivity contribution in [1.29, 1.82) is 0 Å². The molecule has 3 rings (SSSR count). The van der Waals surface area contributed by atoms with Crippen molar-refractivity contribution >= 4 is 11.3 Å². The molecule has 21 heavy (non-hydrogen) atoms. The number of thiazole rings is 1. The fraction of sp³-hybridized carbons (Fsp3) is 0.267. The SMILES string of the molecule is Cc1nc(Cn2cc(C(O)Cc3ccccc3)nn2)cs1. The van der Waals surface area contributed by atoms with Crippen LogP contribution in [0.2, 0.25) is 0 Å². The fourth-order valence-corrected chi connectivity index (χ4v) is 2.74. The van der Waals surface area contributed by atoms with E-state index in [1.165, 1.54) is 0 Å². The number of benzene rings is 1. The highest BCUT2D eigenvalue weighted by Crippen LogP contribution is 2.16. The van der Waals surface area contributed by atoms with Crippen LogP contribution in [-0.4, -0.2) is 25.1 Å². The van der Waals surface area contributed by atoms with Gasteiger partial charge in [-0.05, 0) is 12.5 Å². The van der Waals surface area contributed by atoms with E-state index in [4.69, 9.17) is 0 Å². The summed E-state index contributed by atoms with van der Waals surface area (Å²) in [5, 5.41) is 21.4. The molecule has 6 heteroatoms. The highest BCUT2D eigenvalue weighted by atomic mass is 32.1. The molecule has 0 fully saturated rings. The van der Waals surface area contributed by atoms with Crippen LogP contribution in [0.5, 0.6) is 0 Å². The molecule has 0 bridgehead atoms. The molecule has 0 radical (unpaired) electrons. The lowest BCUT2D eigenvalue weighted by molar-refractivity contribution is 0.173. The lowest BCUT2D eigenvalue weighted by Crippen LogP contribution is -2.02. The Bertz CT molecular complexity index is 707.